The van der Waals surface area contributed by atoms with Crippen LogP contribution in [-0.4, -0.2) is 23.5 Å². The average Bonchev–Trinajstić information content (AvgIpc) is 2.15. The number of fused-ring (bicyclic) bond motifs is 1. The van der Waals surface area contributed by atoms with Gasteiger partial charge in [0.15, 0.2) is 0 Å². The molecule has 1 aliphatic heterocycles. The first kappa shape index (κ1) is 10.6. The number of hydrogen-bond acceptors (Lipinski definition) is 2. The molecule has 0 fully saturated rings. The van der Waals surface area contributed by atoms with Gasteiger partial charge in [-0.1, -0.05) is 26.8 Å². The van der Waals surface area contributed by atoms with E-state index in [1.54, 1.807) is 0 Å². The van der Waals surface area contributed by atoms with Crippen molar-refractivity contribution in [1.82, 2.24) is 9.88 Å². The van der Waals surface area contributed by atoms with Crippen LogP contribution in [0.1, 0.15) is 37.7 Å². The summed E-state index contributed by atoms with van der Waals surface area (Å²) in [6.07, 6.45) is 1.09. The van der Waals surface area contributed by atoms with Crippen molar-refractivity contribution in [3.05, 3.63) is 29.1 Å². The van der Waals surface area contributed by atoms with Gasteiger partial charge in [0.05, 0.1) is 0 Å². The molecule has 0 unspecified atom stereocenters. The summed E-state index contributed by atoms with van der Waals surface area (Å²) in [5.41, 5.74) is 4.08. The normalized spacial score (nSPS) is 17.6. The molecule has 0 aliphatic carbocycles. The molecule has 0 saturated heterocycles. The quantitative estimate of drug-likeness (QED) is 0.645. The van der Waals surface area contributed by atoms with Gasteiger partial charge in [-0.15, -0.1) is 0 Å². The number of likely N-dealkylation sites (N-methyl/N-ethyl adjacent to an activating group) is 1. The second-order valence-electron chi connectivity index (χ2n) is 5.54. The first-order valence-electron chi connectivity index (χ1n) is 5.64. The Morgan fingerprint density at radius 1 is 1.27 bits per heavy atom. The lowest BCUT2D eigenvalue weighted by Crippen LogP contribution is -2.28. The smallest absolute Gasteiger partial charge is 0.0464 e. The molecular weight excluding hydrogens is 184 g/mol. The summed E-state index contributed by atoms with van der Waals surface area (Å²) in [5, 5.41) is 0. The molecule has 0 radical (unpaired) electrons. The first-order chi connectivity index (χ1) is 6.97. The van der Waals surface area contributed by atoms with Gasteiger partial charge in [-0.2, -0.15) is 0 Å². The Kier molecular flexibility index (Phi) is 2.55. The molecule has 2 heteroatoms. The van der Waals surface area contributed by atoms with Gasteiger partial charge in [-0.05, 0) is 18.7 Å². The van der Waals surface area contributed by atoms with E-state index in [0.717, 1.165) is 19.5 Å². The lowest BCUT2D eigenvalue weighted by Gasteiger charge is -2.26. The lowest BCUT2D eigenvalue weighted by molar-refractivity contribution is 0.309. The first-order valence-corrected chi connectivity index (χ1v) is 5.64. The molecule has 15 heavy (non-hydrogen) atoms. The average molecular weight is 204 g/mol. The van der Waals surface area contributed by atoms with E-state index in [1.165, 1.54) is 17.0 Å². The van der Waals surface area contributed by atoms with Crippen LogP contribution in [0, 0.1) is 0 Å². The summed E-state index contributed by atoms with van der Waals surface area (Å²) in [6.45, 7) is 8.84. The van der Waals surface area contributed by atoms with Crippen molar-refractivity contribution < 1.29 is 0 Å². The van der Waals surface area contributed by atoms with Gasteiger partial charge in [0.1, 0.15) is 0 Å². The van der Waals surface area contributed by atoms with Crippen LogP contribution >= 0.6 is 0 Å². The molecule has 0 saturated carbocycles. The van der Waals surface area contributed by atoms with E-state index in [0.29, 0.717) is 0 Å². The van der Waals surface area contributed by atoms with E-state index in [9.17, 15) is 0 Å². The van der Waals surface area contributed by atoms with Gasteiger partial charge in [0.25, 0.3) is 0 Å². The summed E-state index contributed by atoms with van der Waals surface area (Å²) < 4.78 is 0. The summed E-state index contributed by atoms with van der Waals surface area (Å²) in [6, 6.07) is 4.43. The molecule has 2 heterocycles. The standard InChI is InChI=1S/C13H20N2/c1-13(2,3)12-6-5-10-9-15(4)8-7-11(10)14-12/h5-6H,7-9H2,1-4H3. The molecule has 0 aromatic carbocycles. The summed E-state index contributed by atoms with van der Waals surface area (Å²) in [5.74, 6) is 0. The Bertz CT molecular complexity index is 363. The number of hydrogen-bond donors (Lipinski definition) is 0. The van der Waals surface area contributed by atoms with Crippen LogP contribution in [0.2, 0.25) is 0 Å². The van der Waals surface area contributed by atoms with E-state index in [2.05, 4.69) is 44.9 Å². The third-order valence-corrected chi connectivity index (χ3v) is 3.01. The Labute approximate surface area is 92.3 Å². The predicted molar refractivity (Wildman–Crippen MR) is 63.0 cm³/mol. The minimum atomic E-state index is 0.165. The fourth-order valence-electron chi connectivity index (χ4n) is 1.97. The van der Waals surface area contributed by atoms with Crippen molar-refractivity contribution in [2.45, 2.75) is 39.2 Å². The van der Waals surface area contributed by atoms with Crippen molar-refractivity contribution in [2.75, 3.05) is 13.6 Å². The monoisotopic (exact) mass is 204 g/mol. The van der Waals surface area contributed by atoms with Crippen molar-refractivity contribution >= 4 is 0 Å². The largest absolute Gasteiger partial charge is 0.302 e. The van der Waals surface area contributed by atoms with E-state index in [1.807, 2.05) is 0 Å². The van der Waals surface area contributed by atoms with Crippen LogP contribution in [-0.2, 0) is 18.4 Å². The van der Waals surface area contributed by atoms with E-state index in [-0.39, 0.29) is 5.41 Å². The fourth-order valence-corrected chi connectivity index (χ4v) is 1.97. The zero-order valence-corrected chi connectivity index (χ0v) is 10.2. The number of aromatic nitrogens is 1. The molecule has 0 spiro atoms. The van der Waals surface area contributed by atoms with Crippen LogP contribution in [0.25, 0.3) is 0 Å². The van der Waals surface area contributed by atoms with Gasteiger partial charge >= 0.3 is 0 Å². The summed E-state index contributed by atoms with van der Waals surface area (Å²) >= 11 is 0. The van der Waals surface area contributed by atoms with E-state index >= 15 is 0 Å². The van der Waals surface area contributed by atoms with Gasteiger partial charge in [-0.3, -0.25) is 4.98 Å². The van der Waals surface area contributed by atoms with Crippen molar-refractivity contribution in [3.63, 3.8) is 0 Å². The second-order valence-corrected chi connectivity index (χ2v) is 5.54. The number of nitrogens with zero attached hydrogens (tertiary/aromatic N) is 2. The minimum Gasteiger partial charge on any atom is -0.302 e. The van der Waals surface area contributed by atoms with Gasteiger partial charge in [0, 0.05) is 36.3 Å². The maximum Gasteiger partial charge on any atom is 0.0464 e. The Balaban J connectivity index is 2.35. The Hall–Kier alpha value is -0.890. The summed E-state index contributed by atoms with van der Waals surface area (Å²) in [4.78, 5) is 7.14. The van der Waals surface area contributed by atoms with E-state index in [4.69, 9.17) is 4.98 Å². The molecule has 1 aliphatic rings. The highest BCUT2D eigenvalue weighted by Gasteiger charge is 2.19. The topological polar surface area (TPSA) is 16.1 Å². The SMILES string of the molecule is CN1CCc2nc(C(C)(C)C)ccc2C1. The Morgan fingerprint density at radius 3 is 2.67 bits per heavy atom. The van der Waals surface area contributed by atoms with E-state index < -0.39 is 0 Å². The van der Waals surface area contributed by atoms with Crippen molar-refractivity contribution in [3.8, 4) is 0 Å². The Morgan fingerprint density at radius 2 is 2.00 bits per heavy atom. The molecule has 2 nitrogen and oxygen atoms in total. The van der Waals surface area contributed by atoms with Gasteiger partial charge in [-0.25, -0.2) is 0 Å². The molecule has 0 atom stereocenters. The predicted octanol–water partition coefficient (Wildman–Crippen LogP) is 2.37. The zero-order chi connectivity index (χ0) is 11.1. The van der Waals surface area contributed by atoms with Crippen molar-refractivity contribution in [2.24, 2.45) is 0 Å². The highest BCUT2D eigenvalue weighted by atomic mass is 15.1. The highest BCUT2D eigenvalue weighted by molar-refractivity contribution is 5.27. The molecular formula is C13H20N2. The maximum absolute atomic E-state index is 4.79. The summed E-state index contributed by atoms with van der Waals surface area (Å²) in [7, 11) is 2.17. The highest BCUT2D eigenvalue weighted by Crippen LogP contribution is 2.23. The molecule has 1 aromatic rings. The second kappa shape index (κ2) is 3.60. The van der Waals surface area contributed by atoms with Gasteiger partial charge in [0.2, 0.25) is 0 Å². The minimum absolute atomic E-state index is 0.165. The molecule has 0 bridgehead atoms. The third kappa shape index (κ3) is 2.20. The maximum atomic E-state index is 4.79. The van der Waals surface area contributed by atoms with Crippen molar-refractivity contribution in [1.29, 1.82) is 0 Å². The van der Waals surface area contributed by atoms with Crippen LogP contribution in [0.3, 0.4) is 0 Å². The molecule has 82 valence electrons. The van der Waals surface area contributed by atoms with Gasteiger partial charge < -0.3 is 4.90 Å². The lowest BCUT2D eigenvalue weighted by atomic mass is 9.90. The number of pyridine rings is 1. The fraction of sp³-hybridized carbons (Fsp3) is 0.615. The number of rotatable bonds is 0. The third-order valence-electron chi connectivity index (χ3n) is 3.01. The molecule has 0 N–H and O–H groups in total. The van der Waals surface area contributed by atoms with Crippen LogP contribution in [0.5, 0.6) is 0 Å². The van der Waals surface area contributed by atoms with Crippen LogP contribution in [0.15, 0.2) is 12.1 Å². The molecule has 1 aromatic heterocycles. The van der Waals surface area contributed by atoms with Crippen LogP contribution < -0.4 is 0 Å². The molecule has 2 rings (SSSR count). The zero-order valence-electron chi connectivity index (χ0n) is 10.2. The van der Waals surface area contributed by atoms with Crippen LogP contribution in [0.4, 0.5) is 0 Å². The molecule has 0 amide bonds.